The molecule has 2 aromatic rings. The summed E-state index contributed by atoms with van der Waals surface area (Å²) in [5.74, 6) is -0.671. The molecule has 0 saturated carbocycles. The molecular formula is C11H9NO4. The summed E-state index contributed by atoms with van der Waals surface area (Å²) in [5.41, 5.74) is -0.150. The Balaban J connectivity index is 2.61. The second kappa shape index (κ2) is 4.14. The third-order valence-electron chi connectivity index (χ3n) is 2.07. The van der Waals surface area contributed by atoms with Crippen LogP contribution in [0.4, 0.5) is 0 Å². The maximum atomic E-state index is 11.9. The number of esters is 1. The molecule has 0 amide bonds. The highest BCUT2D eigenvalue weighted by atomic mass is 16.5. The third kappa shape index (κ3) is 1.67. The first-order valence-electron chi connectivity index (χ1n) is 4.76. The Morgan fingerprint density at radius 1 is 1.56 bits per heavy atom. The van der Waals surface area contributed by atoms with Crippen LogP contribution < -0.4 is 5.43 Å². The zero-order chi connectivity index (χ0) is 11.5. The van der Waals surface area contributed by atoms with Crippen molar-refractivity contribution in [1.82, 2.24) is 4.98 Å². The summed E-state index contributed by atoms with van der Waals surface area (Å²) < 4.78 is 9.87. The Morgan fingerprint density at radius 2 is 2.38 bits per heavy atom. The maximum absolute atomic E-state index is 11.9. The highest BCUT2D eigenvalue weighted by molar-refractivity contribution is 5.92. The molecule has 0 aromatic carbocycles. The number of fused-ring (bicyclic) bond motifs is 1. The lowest BCUT2D eigenvalue weighted by Gasteiger charge is -2.01. The molecule has 0 aliphatic heterocycles. The van der Waals surface area contributed by atoms with Crippen molar-refractivity contribution >= 4 is 16.9 Å². The number of hydrogen-bond donors (Lipinski definition) is 0. The van der Waals surface area contributed by atoms with Crippen molar-refractivity contribution in [3.63, 3.8) is 0 Å². The van der Waals surface area contributed by atoms with Crippen LogP contribution in [0.25, 0.3) is 11.0 Å². The highest BCUT2D eigenvalue weighted by Gasteiger charge is 2.14. The minimum absolute atomic E-state index is 0.0967. The van der Waals surface area contributed by atoms with Gasteiger partial charge in [0.1, 0.15) is 11.8 Å². The van der Waals surface area contributed by atoms with Crippen LogP contribution in [0.3, 0.4) is 0 Å². The smallest absolute Gasteiger partial charge is 0.345 e. The van der Waals surface area contributed by atoms with Gasteiger partial charge in [0, 0.05) is 6.20 Å². The van der Waals surface area contributed by atoms with Gasteiger partial charge in [-0.05, 0) is 13.0 Å². The Labute approximate surface area is 90.7 Å². The van der Waals surface area contributed by atoms with E-state index in [2.05, 4.69) is 4.98 Å². The lowest BCUT2D eigenvalue weighted by atomic mass is 10.2. The van der Waals surface area contributed by atoms with Crippen molar-refractivity contribution in [2.24, 2.45) is 0 Å². The summed E-state index contributed by atoms with van der Waals surface area (Å²) in [6.45, 7) is 1.89. The van der Waals surface area contributed by atoms with Crippen LogP contribution in [-0.2, 0) is 4.74 Å². The van der Waals surface area contributed by atoms with Crippen LogP contribution in [0.1, 0.15) is 17.3 Å². The monoisotopic (exact) mass is 219 g/mol. The van der Waals surface area contributed by atoms with Gasteiger partial charge in [-0.1, -0.05) is 0 Å². The number of rotatable bonds is 2. The second-order valence-electron chi connectivity index (χ2n) is 3.07. The van der Waals surface area contributed by atoms with Crippen molar-refractivity contribution in [1.29, 1.82) is 0 Å². The molecule has 2 rings (SSSR count). The van der Waals surface area contributed by atoms with E-state index in [0.29, 0.717) is 11.0 Å². The molecule has 0 bridgehead atoms. The largest absolute Gasteiger partial charge is 0.462 e. The zero-order valence-electron chi connectivity index (χ0n) is 8.60. The van der Waals surface area contributed by atoms with Crippen molar-refractivity contribution in [3.8, 4) is 0 Å². The van der Waals surface area contributed by atoms with E-state index in [0.717, 1.165) is 6.26 Å². The van der Waals surface area contributed by atoms with Gasteiger partial charge in [-0.25, -0.2) is 4.79 Å². The molecule has 16 heavy (non-hydrogen) atoms. The molecule has 2 heterocycles. The van der Waals surface area contributed by atoms with Gasteiger partial charge in [0.05, 0.1) is 18.2 Å². The van der Waals surface area contributed by atoms with Crippen LogP contribution in [0.15, 0.2) is 33.9 Å². The fourth-order valence-corrected chi connectivity index (χ4v) is 1.33. The summed E-state index contributed by atoms with van der Waals surface area (Å²) in [7, 11) is 0. The van der Waals surface area contributed by atoms with Gasteiger partial charge in [-0.15, -0.1) is 0 Å². The van der Waals surface area contributed by atoms with Crippen LogP contribution in [0, 0.1) is 0 Å². The van der Waals surface area contributed by atoms with E-state index in [1.165, 1.54) is 18.5 Å². The Hall–Kier alpha value is -2.17. The van der Waals surface area contributed by atoms with E-state index in [1.807, 2.05) is 0 Å². The molecule has 0 fully saturated rings. The number of aromatic nitrogens is 1. The number of hydrogen-bond acceptors (Lipinski definition) is 5. The first-order valence-corrected chi connectivity index (χ1v) is 4.76. The van der Waals surface area contributed by atoms with Crippen LogP contribution in [-0.4, -0.2) is 17.6 Å². The number of carbonyl (C=O) groups is 1. The van der Waals surface area contributed by atoms with Crippen LogP contribution in [0.5, 0.6) is 0 Å². The van der Waals surface area contributed by atoms with Gasteiger partial charge in [0.25, 0.3) is 0 Å². The lowest BCUT2D eigenvalue weighted by molar-refractivity contribution is 0.0522. The van der Waals surface area contributed by atoms with Gasteiger partial charge in [0.2, 0.25) is 5.43 Å². The minimum Gasteiger partial charge on any atom is -0.462 e. The quantitative estimate of drug-likeness (QED) is 0.713. The molecule has 82 valence electrons. The molecule has 0 atom stereocenters. The molecule has 0 unspecified atom stereocenters. The predicted molar refractivity (Wildman–Crippen MR) is 56.2 cm³/mol. The van der Waals surface area contributed by atoms with Gasteiger partial charge in [0.15, 0.2) is 5.58 Å². The second-order valence-corrected chi connectivity index (χ2v) is 3.07. The summed E-state index contributed by atoms with van der Waals surface area (Å²) in [6.07, 6.45) is 3.99. The van der Waals surface area contributed by atoms with Crippen molar-refractivity contribution in [3.05, 3.63) is 40.5 Å². The van der Waals surface area contributed by atoms with E-state index < -0.39 is 11.4 Å². The van der Waals surface area contributed by atoms with Crippen molar-refractivity contribution in [2.45, 2.75) is 6.92 Å². The van der Waals surface area contributed by atoms with E-state index >= 15 is 0 Å². The van der Waals surface area contributed by atoms with E-state index in [1.54, 1.807) is 6.92 Å². The van der Waals surface area contributed by atoms with Gasteiger partial charge in [-0.2, -0.15) is 0 Å². The molecule has 0 aliphatic rings. The number of ether oxygens (including phenoxy) is 1. The first-order chi connectivity index (χ1) is 7.74. The number of nitrogens with zero attached hydrogens (tertiary/aromatic N) is 1. The molecule has 0 saturated heterocycles. The number of carbonyl (C=O) groups excluding carboxylic acids is 1. The molecule has 0 aliphatic carbocycles. The normalized spacial score (nSPS) is 10.3. The predicted octanol–water partition coefficient (Wildman–Crippen LogP) is 1.36. The average Bonchev–Trinajstić information content (AvgIpc) is 2.30. The SMILES string of the molecule is CCOC(=O)c1coc2cnccc2c1=O. The van der Waals surface area contributed by atoms with Crippen LogP contribution in [0.2, 0.25) is 0 Å². The van der Waals surface area contributed by atoms with Crippen molar-refractivity contribution in [2.75, 3.05) is 6.61 Å². The zero-order valence-corrected chi connectivity index (χ0v) is 8.60. The Bertz CT molecular complexity index is 588. The third-order valence-corrected chi connectivity index (χ3v) is 2.07. The minimum atomic E-state index is -0.671. The molecule has 0 N–H and O–H groups in total. The average molecular weight is 219 g/mol. The van der Waals surface area contributed by atoms with E-state index in [-0.39, 0.29) is 12.2 Å². The maximum Gasteiger partial charge on any atom is 0.345 e. The lowest BCUT2D eigenvalue weighted by Crippen LogP contribution is -2.17. The molecule has 2 aromatic heterocycles. The van der Waals surface area contributed by atoms with Gasteiger partial charge in [-0.3, -0.25) is 9.78 Å². The van der Waals surface area contributed by atoms with Crippen molar-refractivity contribution < 1.29 is 13.9 Å². The Morgan fingerprint density at radius 3 is 3.12 bits per heavy atom. The summed E-state index contributed by atoms with van der Waals surface area (Å²) >= 11 is 0. The summed E-state index contributed by atoms with van der Waals surface area (Å²) in [6, 6.07) is 1.50. The molecule has 5 heteroatoms. The first kappa shape index (κ1) is 10.4. The number of pyridine rings is 1. The topological polar surface area (TPSA) is 69.4 Å². The summed E-state index contributed by atoms with van der Waals surface area (Å²) in [4.78, 5) is 27.1. The molecule has 5 nitrogen and oxygen atoms in total. The molecule has 0 radical (unpaired) electrons. The van der Waals surface area contributed by atoms with E-state index in [4.69, 9.17) is 9.15 Å². The summed E-state index contributed by atoms with van der Waals surface area (Å²) in [5, 5.41) is 0.320. The van der Waals surface area contributed by atoms with Crippen LogP contribution >= 0.6 is 0 Å². The standard InChI is InChI=1S/C11H9NO4/c1-2-15-11(14)8-6-16-9-5-12-4-3-7(9)10(8)13/h3-6H,2H2,1H3. The van der Waals surface area contributed by atoms with Gasteiger partial charge < -0.3 is 9.15 Å². The molecular weight excluding hydrogens is 210 g/mol. The molecule has 0 spiro atoms. The van der Waals surface area contributed by atoms with E-state index in [9.17, 15) is 9.59 Å². The van der Waals surface area contributed by atoms with Gasteiger partial charge >= 0.3 is 5.97 Å². The fraction of sp³-hybridized carbons (Fsp3) is 0.182. The Kier molecular flexibility index (Phi) is 2.68. The highest BCUT2D eigenvalue weighted by Crippen LogP contribution is 2.09. The fourth-order valence-electron chi connectivity index (χ4n) is 1.33.